The Hall–Kier alpha value is -2.37. The predicted octanol–water partition coefficient (Wildman–Crippen LogP) is 0.458. The van der Waals surface area contributed by atoms with Gasteiger partial charge in [0, 0.05) is 44.7 Å². The average Bonchev–Trinajstić information content (AvgIpc) is 3.10. The van der Waals surface area contributed by atoms with Crippen LogP contribution in [0.15, 0.2) is 9.89 Å². The highest BCUT2D eigenvalue weighted by Crippen LogP contribution is 2.43. The van der Waals surface area contributed by atoms with E-state index in [1.165, 1.54) is 0 Å². The minimum absolute atomic E-state index is 0.0655. The number of nitrogens with zero attached hydrogens (tertiary/aromatic N) is 2. The molecule has 1 fully saturated rings. The first-order valence-electron chi connectivity index (χ1n) is 11.7. The van der Waals surface area contributed by atoms with Crippen molar-refractivity contribution in [1.82, 2.24) is 14.9 Å². The van der Waals surface area contributed by atoms with Gasteiger partial charge in [0.2, 0.25) is 11.9 Å². The first-order valence-corrected chi connectivity index (χ1v) is 13.2. The van der Waals surface area contributed by atoms with Gasteiger partial charge < -0.3 is 26.4 Å². The van der Waals surface area contributed by atoms with Crippen LogP contribution in [-0.2, 0) is 21.2 Å². The number of guanidine groups is 1. The summed E-state index contributed by atoms with van der Waals surface area (Å²) in [4.78, 5) is 18.5. The molecule has 190 valence electrons. The van der Waals surface area contributed by atoms with Crippen LogP contribution in [0.5, 0.6) is 5.75 Å². The van der Waals surface area contributed by atoms with Gasteiger partial charge in [-0.3, -0.25) is 9.79 Å². The van der Waals surface area contributed by atoms with Crippen molar-refractivity contribution in [1.29, 1.82) is 0 Å². The number of amides is 1. The lowest BCUT2D eigenvalue weighted by Gasteiger charge is -2.29. The van der Waals surface area contributed by atoms with Crippen LogP contribution in [0, 0.1) is 20.8 Å². The summed E-state index contributed by atoms with van der Waals surface area (Å²) in [7, 11) is -3.94. The molecule has 0 spiro atoms. The Balaban J connectivity index is 1.63. The summed E-state index contributed by atoms with van der Waals surface area (Å²) in [6.45, 7) is 12.5. The third-order valence-electron chi connectivity index (χ3n) is 6.50. The maximum Gasteiger partial charge on any atom is 0.264 e. The molecule has 0 bridgehead atoms. The van der Waals surface area contributed by atoms with Gasteiger partial charge in [0.15, 0.2) is 0 Å². The zero-order chi connectivity index (χ0) is 25.3. The highest BCUT2D eigenvalue weighted by Gasteiger charge is 2.36. The van der Waals surface area contributed by atoms with E-state index >= 15 is 0 Å². The molecule has 1 atom stereocenters. The quantitative estimate of drug-likeness (QED) is 0.244. The Morgan fingerprint density at radius 3 is 2.50 bits per heavy atom. The minimum atomic E-state index is -3.94. The van der Waals surface area contributed by atoms with E-state index in [-0.39, 0.29) is 28.9 Å². The molecule has 2 aliphatic heterocycles. The lowest BCUT2D eigenvalue weighted by molar-refractivity contribution is -0.133. The maximum atomic E-state index is 13.2. The Kier molecular flexibility index (Phi) is 7.79. The smallest absolute Gasteiger partial charge is 0.264 e. The molecule has 1 amide bonds. The number of carbonyl (C=O) groups is 1. The number of carbonyl (C=O) groups excluding carboxylic acids is 1. The van der Waals surface area contributed by atoms with E-state index < -0.39 is 16.1 Å². The Morgan fingerprint density at radius 1 is 1.21 bits per heavy atom. The Morgan fingerprint density at radius 2 is 1.85 bits per heavy atom. The second kappa shape index (κ2) is 10.1. The molecule has 0 radical (unpaired) electrons. The first kappa shape index (κ1) is 26.2. The summed E-state index contributed by atoms with van der Waals surface area (Å²) in [6.07, 6.45) is 1.60. The number of sulfonamides is 1. The van der Waals surface area contributed by atoms with Gasteiger partial charge in [-0.1, -0.05) is 0 Å². The van der Waals surface area contributed by atoms with Gasteiger partial charge in [0.1, 0.15) is 11.4 Å². The summed E-state index contributed by atoms with van der Waals surface area (Å²) in [5, 5.41) is 3.20. The van der Waals surface area contributed by atoms with Crippen LogP contribution in [0.4, 0.5) is 0 Å². The van der Waals surface area contributed by atoms with Crippen molar-refractivity contribution in [2.24, 2.45) is 16.5 Å². The zero-order valence-corrected chi connectivity index (χ0v) is 21.6. The monoisotopic (exact) mass is 494 g/mol. The average molecular weight is 495 g/mol. The number of fused-ring (bicyclic) bond motifs is 1. The predicted molar refractivity (Wildman–Crippen MR) is 133 cm³/mol. The summed E-state index contributed by atoms with van der Waals surface area (Å²) in [6, 6.07) is -0.600. The molecular weight excluding hydrogens is 456 g/mol. The van der Waals surface area contributed by atoms with Gasteiger partial charge in [0.25, 0.3) is 10.0 Å². The molecule has 2 heterocycles. The van der Waals surface area contributed by atoms with Gasteiger partial charge >= 0.3 is 0 Å². The van der Waals surface area contributed by atoms with Crippen LogP contribution >= 0.6 is 0 Å². The van der Waals surface area contributed by atoms with Crippen LogP contribution in [0.2, 0.25) is 0 Å². The first-order chi connectivity index (χ1) is 15.8. The van der Waals surface area contributed by atoms with E-state index in [1.54, 1.807) is 18.7 Å². The number of hydrogen-bond donors (Lipinski definition) is 4. The molecule has 11 heteroatoms. The largest absolute Gasteiger partial charge is 0.487 e. The molecular formula is C23H38N6O4S. The van der Waals surface area contributed by atoms with Crippen LogP contribution in [-0.4, -0.2) is 69.6 Å². The molecule has 2 aliphatic rings. The summed E-state index contributed by atoms with van der Waals surface area (Å²) >= 11 is 0. The molecule has 0 aromatic heterocycles. The van der Waals surface area contributed by atoms with Crippen molar-refractivity contribution in [3.8, 4) is 5.75 Å². The number of rotatable bonds is 7. The van der Waals surface area contributed by atoms with Crippen molar-refractivity contribution in [3.63, 3.8) is 0 Å². The molecule has 34 heavy (non-hydrogen) atoms. The number of piperazine rings is 1. The Bertz CT molecular complexity index is 1080. The van der Waals surface area contributed by atoms with E-state index in [0.29, 0.717) is 43.5 Å². The van der Waals surface area contributed by atoms with Gasteiger partial charge in [-0.05, 0) is 64.2 Å². The highest BCUT2D eigenvalue weighted by atomic mass is 32.2. The van der Waals surface area contributed by atoms with Gasteiger partial charge in [-0.25, -0.2) is 13.1 Å². The second-order valence-electron chi connectivity index (χ2n) is 9.75. The van der Waals surface area contributed by atoms with Gasteiger partial charge in [-0.15, -0.1) is 0 Å². The molecule has 6 N–H and O–H groups in total. The molecule has 1 unspecified atom stereocenters. The molecule has 0 aliphatic carbocycles. The number of benzene rings is 1. The van der Waals surface area contributed by atoms with Crippen LogP contribution in [0.25, 0.3) is 0 Å². The number of nitrogens with one attached hydrogen (secondary N) is 2. The van der Waals surface area contributed by atoms with E-state index in [0.717, 1.165) is 30.0 Å². The lowest BCUT2D eigenvalue weighted by atomic mass is 9.94. The molecule has 1 aromatic rings. The number of nitrogens with two attached hydrogens (primary N) is 2. The SMILES string of the molecule is Cc1c(C)c(S(=O)(=O)NC(N)=NCCCC(N)C(=O)N2CCNCC2)c(C)c2c1OC(C)(C)C2. The highest BCUT2D eigenvalue weighted by molar-refractivity contribution is 7.90. The lowest BCUT2D eigenvalue weighted by Crippen LogP contribution is -2.51. The molecule has 1 aromatic carbocycles. The molecule has 10 nitrogen and oxygen atoms in total. The van der Waals surface area contributed by atoms with E-state index in [4.69, 9.17) is 16.2 Å². The van der Waals surface area contributed by atoms with Crippen LogP contribution < -0.4 is 26.2 Å². The maximum absolute atomic E-state index is 13.2. The zero-order valence-electron chi connectivity index (χ0n) is 20.8. The van der Waals surface area contributed by atoms with Crippen molar-refractivity contribution < 1.29 is 17.9 Å². The third kappa shape index (κ3) is 5.64. The Labute approximate surface area is 202 Å². The summed E-state index contributed by atoms with van der Waals surface area (Å²) in [5.41, 5.74) is 14.6. The van der Waals surface area contributed by atoms with Crippen LogP contribution in [0.1, 0.15) is 48.9 Å². The van der Waals surface area contributed by atoms with Crippen molar-refractivity contribution in [2.45, 2.75) is 70.4 Å². The normalized spacial score (nSPS) is 18.9. The van der Waals surface area contributed by atoms with Crippen molar-refractivity contribution in [3.05, 3.63) is 22.3 Å². The van der Waals surface area contributed by atoms with Gasteiger partial charge in [-0.2, -0.15) is 0 Å². The van der Waals surface area contributed by atoms with E-state index in [9.17, 15) is 13.2 Å². The molecule has 0 saturated carbocycles. The number of ether oxygens (including phenoxy) is 1. The van der Waals surface area contributed by atoms with E-state index in [1.807, 2.05) is 20.8 Å². The number of hydrogen-bond acceptors (Lipinski definition) is 7. The summed E-state index contributed by atoms with van der Waals surface area (Å²) in [5.74, 6) is 0.520. The summed E-state index contributed by atoms with van der Waals surface area (Å²) < 4.78 is 34.9. The standard InChI is InChI=1S/C23H38N6O4S/c1-14-15(2)20(16(3)17-13-23(4,5)33-19(14)17)34(31,32)28-22(25)27-8-6-7-18(24)21(30)29-11-9-26-10-12-29/h18,26H,6-13,24H2,1-5H3,(H3,25,27,28). The van der Waals surface area contributed by atoms with Crippen LogP contribution in [0.3, 0.4) is 0 Å². The topological polar surface area (TPSA) is 152 Å². The fourth-order valence-corrected chi connectivity index (χ4v) is 6.15. The third-order valence-corrected chi connectivity index (χ3v) is 8.13. The fourth-order valence-electron chi connectivity index (χ4n) is 4.62. The van der Waals surface area contributed by atoms with Crippen molar-refractivity contribution >= 4 is 21.9 Å². The minimum Gasteiger partial charge on any atom is -0.487 e. The second-order valence-corrected chi connectivity index (χ2v) is 11.4. The van der Waals surface area contributed by atoms with Gasteiger partial charge in [0.05, 0.1) is 10.9 Å². The van der Waals surface area contributed by atoms with E-state index in [2.05, 4.69) is 15.0 Å². The molecule has 3 rings (SSSR count). The molecule has 1 saturated heterocycles. The number of aliphatic imine (C=N–C) groups is 1. The van der Waals surface area contributed by atoms with Crippen molar-refractivity contribution in [2.75, 3.05) is 32.7 Å². The fraction of sp³-hybridized carbons (Fsp3) is 0.652.